The number of anilines is 1. The van der Waals surface area contributed by atoms with Crippen molar-refractivity contribution in [1.29, 1.82) is 0 Å². The summed E-state index contributed by atoms with van der Waals surface area (Å²) in [4.78, 5) is 26.9. The highest BCUT2D eigenvalue weighted by atomic mass is 32.1. The molecule has 0 saturated carbocycles. The SMILES string of the molecule is O=C(Cc1csc(Cc2ccccc2)n1)Nc1cccc([N+](=O)[O-])c1. The van der Waals surface area contributed by atoms with Crippen molar-refractivity contribution in [2.75, 3.05) is 5.32 Å². The second-order valence-electron chi connectivity index (χ2n) is 5.43. The summed E-state index contributed by atoms with van der Waals surface area (Å²) in [6, 6.07) is 15.9. The van der Waals surface area contributed by atoms with E-state index < -0.39 is 4.92 Å². The van der Waals surface area contributed by atoms with E-state index in [-0.39, 0.29) is 18.0 Å². The number of carbonyl (C=O) groups is 1. The van der Waals surface area contributed by atoms with Crippen molar-refractivity contribution < 1.29 is 9.72 Å². The predicted octanol–water partition coefficient (Wildman–Crippen LogP) is 3.82. The zero-order valence-corrected chi connectivity index (χ0v) is 14.0. The molecule has 0 fully saturated rings. The summed E-state index contributed by atoms with van der Waals surface area (Å²) >= 11 is 1.52. The van der Waals surface area contributed by atoms with Crippen LogP contribution >= 0.6 is 11.3 Å². The lowest BCUT2D eigenvalue weighted by Gasteiger charge is -2.03. The normalized spacial score (nSPS) is 10.4. The van der Waals surface area contributed by atoms with Crippen LogP contribution in [0.15, 0.2) is 60.0 Å². The third kappa shape index (κ3) is 4.71. The van der Waals surface area contributed by atoms with Gasteiger partial charge in [0.25, 0.3) is 5.69 Å². The molecule has 0 bridgehead atoms. The molecule has 1 aromatic heterocycles. The molecule has 1 amide bonds. The minimum atomic E-state index is -0.494. The van der Waals surface area contributed by atoms with E-state index in [9.17, 15) is 14.9 Å². The number of nitrogens with zero attached hydrogens (tertiary/aromatic N) is 2. The van der Waals surface area contributed by atoms with Crippen molar-refractivity contribution in [3.8, 4) is 0 Å². The number of non-ortho nitro benzene ring substituents is 1. The van der Waals surface area contributed by atoms with Gasteiger partial charge in [0.1, 0.15) is 0 Å². The van der Waals surface area contributed by atoms with E-state index in [1.54, 1.807) is 6.07 Å². The topological polar surface area (TPSA) is 85.1 Å². The van der Waals surface area contributed by atoms with Gasteiger partial charge < -0.3 is 5.32 Å². The maximum atomic E-state index is 12.1. The Morgan fingerprint density at radius 2 is 1.96 bits per heavy atom. The molecule has 25 heavy (non-hydrogen) atoms. The summed E-state index contributed by atoms with van der Waals surface area (Å²) in [5.74, 6) is -0.253. The van der Waals surface area contributed by atoms with E-state index in [1.165, 1.54) is 35.1 Å². The second kappa shape index (κ2) is 7.67. The van der Waals surface area contributed by atoms with Crippen molar-refractivity contribution in [3.63, 3.8) is 0 Å². The van der Waals surface area contributed by atoms with Crippen LogP contribution in [0.1, 0.15) is 16.3 Å². The second-order valence-corrected chi connectivity index (χ2v) is 6.37. The maximum absolute atomic E-state index is 12.1. The average molecular weight is 353 g/mol. The Morgan fingerprint density at radius 1 is 1.16 bits per heavy atom. The molecular formula is C18H15N3O3S. The monoisotopic (exact) mass is 353 g/mol. The Balaban J connectivity index is 1.60. The number of nitrogens with one attached hydrogen (secondary N) is 1. The molecule has 0 aliphatic heterocycles. The van der Waals surface area contributed by atoms with Gasteiger partial charge in [-0.3, -0.25) is 14.9 Å². The predicted molar refractivity (Wildman–Crippen MR) is 96.8 cm³/mol. The highest BCUT2D eigenvalue weighted by Gasteiger charge is 2.11. The Hall–Kier alpha value is -3.06. The number of benzene rings is 2. The molecule has 0 saturated heterocycles. The van der Waals surface area contributed by atoms with Crippen molar-refractivity contribution >= 4 is 28.6 Å². The average Bonchev–Trinajstić information content (AvgIpc) is 3.02. The van der Waals surface area contributed by atoms with Crippen LogP contribution in [0.2, 0.25) is 0 Å². The third-order valence-electron chi connectivity index (χ3n) is 3.48. The van der Waals surface area contributed by atoms with Crippen molar-refractivity contribution in [3.05, 3.63) is 86.4 Å². The van der Waals surface area contributed by atoms with Gasteiger partial charge in [0.2, 0.25) is 5.91 Å². The number of rotatable bonds is 6. The molecule has 6 nitrogen and oxygen atoms in total. The van der Waals surface area contributed by atoms with Crippen molar-refractivity contribution in [1.82, 2.24) is 4.98 Å². The smallest absolute Gasteiger partial charge is 0.271 e. The highest BCUT2D eigenvalue weighted by molar-refractivity contribution is 7.09. The molecule has 0 spiro atoms. The fourth-order valence-corrected chi connectivity index (χ4v) is 3.18. The standard InChI is InChI=1S/C18H15N3O3S/c22-17(19-14-7-4-8-16(10-14)21(23)24)11-15-12-25-18(20-15)9-13-5-2-1-3-6-13/h1-8,10,12H,9,11H2,(H,19,22). The Kier molecular flexibility index (Phi) is 5.15. The van der Waals surface area contributed by atoms with Crippen LogP contribution in [0.4, 0.5) is 11.4 Å². The van der Waals surface area contributed by atoms with Crippen LogP contribution in [0.5, 0.6) is 0 Å². The van der Waals surface area contributed by atoms with E-state index in [2.05, 4.69) is 10.3 Å². The van der Waals surface area contributed by atoms with Crippen LogP contribution in [0.3, 0.4) is 0 Å². The summed E-state index contributed by atoms with van der Waals surface area (Å²) < 4.78 is 0. The first-order valence-electron chi connectivity index (χ1n) is 7.61. The number of hydrogen-bond donors (Lipinski definition) is 1. The van der Waals surface area contributed by atoms with Gasteiger partial charge in [-0.2, -0.15) is 0 Å². The minimum absolute atomic E-state index is 0.0587. The van der Waals surface area contributed by atoms with Gasteiger partial charge in [-0.15, -0.1) is 11.3 Å². The summed E-state index contributed by atoms with van der Waals surface area (Å²) in [5.41, 5.74) is 2.21. The molecule has 0 unspecified atom stereocenters. The zero-order valence-electron chi connectivity index (χ0n) is 13.2. The zero-order chi connectivity index (χ0) is 17.6. The van der Waals surface area contributed by atoms with E-state index in [4.69, 9.17) is 0 Å². The van der Waals surface area contributed by atoms with Crippen LogP contribution in [0, 0.1) is 10.1 Å². The number of nitro benzene ring substituents is 1. The summed E-state index contributed by atoms with van der Waals surface area (Å²) in [6.07, 6.45) is 0.867. The summed E-state index contributed by atoms with van der Waals surface area (Å²) in [7, 11) is 0. The van der Waals surface area contributed by atoms with Crippen LogP contribution in [-0.4, -0.2) is 15.8 Å². The Bertz CT molecular complexity index is 893. The fraction of sp³-hybridized carbons (Fsp3) is 0.111. The molecule has 0 atom stereocenters. The van der Waals surface area contributed by atoms with Gasteiger partial charge in [0, 0.05) is 29.6 Å². The molecule has 126 valence electrons. The van der Waals surface area contributed by atoms with Gasteiger partial charge in [-0.1, -0.05) is 36.4 Å². The van der Waals surface area contributed by atoms with Crippen molar-refractivity contribution in [2.45, 2.75) is 12.8 Å². The molecule has 3 aromatic rings. The Morgan fingerprint density at radius 3 is 2.72 bits per heavy atom. The lowest BCUT2D eigenvalue weighted by atomic mass is 10.2. The van der Waals surface area contributed by atoms with E-state index in [0.717, 1.165) is 11.4 Å². The molecule has 1 N–H and O–H groups in total. The summed E-state index contributed by atoms with van der Waals surface area (Å²) in [6.45, 7) is 0. The van der Waals surface area contributed by atoms with E-state index in [1.807, 2.05) is 35.7 Å². The van der Waals surface area contributed by atoms with Gasteiger partial charge in [-0.05, 0) is 11.6 Å². The first-order valence-corrected chi connectivity index (χ1v) is 8.49. The number of carbonyl (C=O) groups excluding carboxylic acids is 1. The first-order chi connectivity index (χ1) is 12.1. The van der Waals surface area contributed by atoms with Crippen LogP contribution in [-0.2, 0) is 17.6 Å². The number of amides is 1. The minimum Gasteiger partial charge on any atom is -0.325 e. The molecule has 0 radical (unpaired) electrons. The molecule has 3 rings (SSSR count). The number of nitro groups is 1. The Labute approximate surface area is 148 Å². The molecule has 7 heteroatoms. The van der Waals surface area contributed by atoms with Gasteiger partial charge in [0.15, 0.2) is 0 Å². The highest BCUT2D eigenvalue weighted by Crippen LogP contribution is 2.18. The number of hydrogen-bond acceptors (Lipinski definition) is 5. The van der Waals surface area contributed by atoms with E-state index in [0.29, 0.717) is 11.4 Å². The molecule has 0 aliphatic carbocycles. The van der Waals surface area contributed by atoms with Gasteiger partial charge in [-0.25, -0.2) is 4.98 Å². The maximum Gasteiger partial charge on any atom is 0.271 e. The molecule has 0 aliphatic rings. The molecule has 1 heterocycles. The number of aromatic nitrogens is 1. The first kappa shape index (κ1) is 16.8. The largest absolute Gasteiger partial charge is 0.325 e. The van der Waals surface area contributed by atoms with Crippen LogP contribution in [0.25, 0.3) is 0 Å². The summed E-state index contributed by atoms with van der Waals surface area (Å²) in [5, 5.41) is 16.2. The molecule has 2 aromatic carbocycles. The fourth-order valence-electron chi connectivity index (χ4n) is 2.35. The third-order valence-corrected chi connectivity index (χ3v) is 4.38. The quantitative estimate of drug-likeness (QED) is 0.539. The van der Waals surface area contributed by atoms with Gasteiger partial charge >= 0.3 is 0 Å². The lowest BCUT2D eigenvalue weighted by Crippen LogP contribution is -2.14. The number of thiazole rings is 1. The lowest BCUT2D eigenvalue weighted by molar-refractivity contribution is -0.384. The van der Waals surface area contributed by atoms with Gasteiger partial charge in [0.05, 0.1) is 22.0 Å². The molecular weight excluding hydrogens is 338 g/mol. The van der Waals surface area contributed by atoms with Crippen molar-refractivity contribution in [2.24, 2.45) is 0 Å². The van der Waals surface area contributed by atoms with E-state index >= 15 is 0 Å². The van der Waals surface area contributed by atoms with Crippen LogP contribution < -0.4 is 5.32 Å².